The standard InChI is InChI=1S/C15H17BrN2O2S/c1-3-4-12-6-11(15(19)20)7-14(17-12)18(2)8-10-5-13(16)21-9-10/h5-7,9H,3-4,8H2,1-2H3,(H,19,20). The number of hydrogen-bond acceptors (Lipinski definition) is 4. The van der Waals surface area contributed by atoms with E-state index in [9.17, 15) is 9.90 Å². The van der Waals surface area contributed by atoms with Gasteiger partial charge in [-0.3, -0.25) is 0 Å². The molecule has 112 valence electrons. The van der Waals surface area contributed by atoms with Gasteiger partial charge in [0, 0.05) is 19.3 Å². The molecule has 0 aliphatic rings. The average molecular weight is 369 g/mol. The highest BCUT2D eigenvalue weighted by atomic mass is 79.9. The van der Waals surface area contributed by atoms with Crippen LogP contribution < -0.4 is 4.90 Å². The van der Waals surface area contributed by atoms with Crippen molar-refractivity contribution in [3.63, 3.8) is 0 Å². The van der Waals surface area contributed by atoms with Gasteiger partial charge in [-0.15, -0.1) is 11.3 Å². The molecule has 0 radical (unpaired) electrons. The van der Waals surface area contributed by atoms with Crippen LogP contribution in [-0.2, 0) is 13.0 Å². The third kappa shape index (κ3) is 4.28. The highest BCUT2D eigenvalue weighted by Gasteiger charge is 2.12. The number of carboxylic acids is 1. The van der Waals surface area contributed by atoms with Gasteiger partial charge >= 0.3 is 5.97 Å². The number of nitrogens with zero attached hydrogens (tertiary/aromatic N) is 2. The molecule has 0 aliphatic heterocycles. The number of halogens is 1. The third-order valence-corrected chi connectivity index (χ3v) is 4.60. The van der Waals surface area contributed by atoms with E-state index < -0.39 is 5.97 Å². The second kappa shape index (κ2) is 7.04. The summed E-state index contributed by atoms with van der Waals surface area (Å²) in [5.41, 5.74) is 2.29. The fourth-order valence-electron chi connectivity index (χ4n) is 2.06. The molecule has 4 nitrogen and oxygen atoms in total. The molecule has 0 fully saturated rings. The Morgan fingerprint density at radius 2 is 2.19 bits per heavy atom. The van der Waals surface area contributed by atoms with Crippen LogP contribution in [0.1, 0.15) is 35.0 Å². The molecule has 0 aromatic carbocycles. The first kappa shape index (κ1) is 16.0. The SMILES string of the molecule is CCCc1cc(C(=O)O)cc(N(C)Cc2csc(Br)c2)n1. The Kier molecular flexibility index (Phi) is 5.36. The molecule has 6 heteroatoms. The van der Waals surface area contributed by atoms with Gasteiger partial charge in [0.15, 0.2) is 0 Å². The first-order chi connectivity index (χ1) is 9.99. The molecular weight excluding hydrogens is 352 g/mol. The number of aryl methyl sites for hydroxylation is 1. The predicted molar refractivity (Wildman–Crippen MR) is 89.3 cm³/mol. The summed E-state index contributed by atoms with van der Waals surface area (Å²) in [4.78, 5) is 17.8. The van der Waals surface area contributed by atoms with E-state index in [0.717, 1.165) is 22.3 Å². The fraction of sp³-hybridized carbons (Fsp3) is 0.333. The minimum absolute atomic E-state index is 0.293. The van der Waals surface area contributed by atoms with Crippen molar-refractivity contribution in [1.29, 1.82) is 0 Å². The zero-order valence-electron chi connectivity index (χ0n) is 12.0. The molecule has 0 saturated heterocycles. The van der Waals surface area contributed by atoms with E-state index in [1.54, 1.807) is 23.5 Å². The van der Waals surface area contributed by atoms with Crippen molar-refractivity contribution in [1.82, 2.24) is 4.98 Å². The van der Waals surface area contributed by atoms with E-state index in [1.165, 1.54) is 5.56 Å². The van der Waals surface area contributed by atoms with Crippen LogP contribution in [0.5, 0.6) is 0 Å². The van der Waals surface area contributed by atoms with Crippen molar-refractivity contribution in [2.45, 2.75) is 26.3 Å². The van der Waals surface area contributed by atoms with Crippen LogP contribution in [0, 0.1) is 0 Å². The van der Waals surface area contributed by atoms with Crippen LogP contribution in [0.3, 0.4) is 0 Å². The minimum Gasteiger partial charge on any atom is -0.478 e. The monoisotopic (exact) mass is 368 g/mol. The molecule has 0 saturated carbocycles. The second-order valence-corrected chi connectivity index (χ2v) is 7.17. The maximum atomic E-state index is 11.2. The number of aromatic carboxylic acids is 1. The number of carbonyl (C=O) groups is 1. The van der Waals surface area contributed by atoms with Crippen molar-refractivity contribution < 1.29 is 9.90 Å². The Morgan fingerprint density at radius 3 is 2.76 bits per heavy atom. The average Bonchev–Trinajstić information content (AvgIpc) is 2.84. The number of thiophene rings is 1. The van der Waals surface area contributed by atoms with Crippen molar-refractivity contribution in [3.05, 3.63) is 44.2 Å². The van der Waals surface area contributed by atoms with Crippen molar-refractivity contribution in [2.75, 3.05) is 11.9 Å². The number of aromatic nitrogens is 1. The van der Waals surface area contributed by atoms with Gasteiger partial charge in [-0.2, -0.15) is 0 Å². The lowest BCUT2D eigenvalue weighted by molar-refractivity contribution is 0.0696. The van der Waals surface area contributed by atoms with Crippen molar-refractivity contribution in [2.24, 2.45) is 0 Å². The van der Waals surface area contributed by atoms with Crippen molar-refractivity contribution >= 4 is 39.1 Å². The maximum Gasteiger partial charge on any atom is 0.335 e. The van der Waals surface area contributed by atoms with Gasteiger partial charge in [-0.1, -0.05) is 13.3 Å². The summed E-state index contributed by atoms with van der Waals surface area (Å²) in [6, 6.07) is 5.35. The van der Waals surface area contributed by atoms with Crippen LogP contribution in [-0.4, -0.2) is 23.1 Å². The predicted octanol–water partition coefficient (Wildman–Crippen LogP) is 4.19. The Hall–Kier alpha value is -1.40. The zero-order valence-corrected chi connectivity index (χ0v) is 14.4. The number of carboxylic acid groups (broad SMARTS) is 1. The molecule has 0 spiro atoms. The summed E-state index contributed by atoms with van der Waals surface area (Å²) in [5, 5.41) is 11.3. The molecule has 2 aromatic rings. The first-order valence-electron chi connectivity index (χ1n) is 6.68. The third-order valence-electron chi connectivity index (χ3n) is 3.05. The first-order valence-corrected chi connectivity index (χ1v) is 8.35. The van der Waals surface area contributed by atoms with Crippen LogP contribution >= 0.6 is 27.3 Å². The van der Waals surface area contributed by atoms with E-state index in [4.69, 9.17) is 0 Å². The molecular formula is C15H17BrN2O2S. The molecule has 0 unspecified atom stereocenters. The molecule has 0 atom stereocenters. The summed E-state index contributed by atoms with van der Waals surface area (Å²) in [6.45, 7) is 2.76. The van der Waals surface area contributed by atoms with Gasteiger partial charge in [0.25, 0.3) is 0 Å². The van der Waals surface area contributed by atoms with E-state index >= 15 is 0 Å². The largest absolute Gasteiger partial charge is 0.478 e. The van der Waals surface area contributed by atoms with E-state index in [1.807, 2.05) is 11.9 Å². The van der Waals surface area contributed by atoms with Gasteiger partial charge in [0.05, 0.1) is 9.35 Å². The molecule has 2 aromatic heterocycles. The van der Waals surface area contributed by atoms with Gasteiger partial charge in [0.2, 0.25) is 0 Å². The highest BCUT2D eigenvalue weighted by molar-refractivity contribution is 9.11. The summed E-state index contributed by atoms with van der Waals surface area (Å²) < 4.78 is 1.09. The van der Waals surface area contributed by atoms with Crippen LogP contribution in [0.15, 0.2) is 27.4 Å². The molecule has 2 rings (SSSR count). The molecule has 0 bridgehead atoms. The lowest BCUT2D eigenvalue weighted by Gasteiger charge is -2.19. The zero-order chi connectivity index (χ0) is 15.4. The lowest BCUT2D eigenvalue weighted by Crippen LogP contribution is -2.18. The van der Waals surface area contributed by atoms with Crippen LogP contribution in [0.2, 0.25) is 0 Å². The fourth-order valence-corrected chi connectivity index (χ4v) is 3.26. The Labute approximate surface area is 136 Å². The molecule has 0 amide bonds. The Morgan fingerprint density at radius 1 is 1.43 bits per heavy atom. The second-order valence-electron chi connectivity index (χ2n) is 4.88. The van der Waals surface area contributed by atoms with Gasteiger partial charge in [-0.05, 0) is 51.5 Å². The normalized spacial score (nSPS) is 10.6. The topological polar surface area (TPSA) is 53.4 Å². The molecule has 2 heterocycles. The van der Waals surface area contributed by atoms with E-state index in [2.05, 4.69) is 39.3 Å². The van der Waals surface area contributed by atoms with Gasteiger partial charge in [-0.25, -0.2) is 9.78 Å². The van der Waals surface area contributed by atoms with Gasteiger partial charge in [0.1, 0.15) is 5.82 Å². The number of hydrogen-bond donors (Lipinski definition) is 1. The summed E-state index contributed by atoms with van der Waals surface area (Å²) >= 11 is 5.08. The number of rotatable bonds is 6. The molecule has 21 heavy (non-hydrogen) atoms. The van der Waals surface area contributed by atoms with E-state index in [0.29, 0.717) is 17.9 Å². The van der Waals surface area contributed by atoms with Crippen LogP contribution in [0.25, 0.3) is 0 Å². The number of anilines is 1. The summed E-state index contributed by atoms with van der Waals surface area (Å²) in [7, 11) is 1.93. The molecule has 1 N–H and O–H groups in total. The smallest absolute Gasteiger partial charge is 0.335 e. The van der Waals surface area contributed by atoms with Gasteiger partial charge < -0.3 is 10.0 Å². The Balaban J connectivity index is 2.26. The number of pyridine rings is 1. The summed E-state index contributed by atoms with van der Waals surface area (Å²) in [6.07, 6.45) is 1.72. The highest BCUT2D eigenvalue weighted by Crippen LogP contribution is 2.23. The minimum atomic E-state index is -0.914. The Bertz CT molecular complexity index is 642. The van der Waals surface area contributed by atoms with Crippen LogP contribution in [0.4, 0.5) is 5.82 Å². The molecule has 0 aliphatic carbocycles. The summed E-state index contributed by atoms with van der Waals surface area (Å²) in [5.74, 6) is -0.219. The van der Waals surface area contributed by atoms with Crippen molar-refractivity contribution in [3.8, 4) is 0 Å². The maximum absolute atomic E-state index is 11.2. The quantitative estimate of drug-likeness (QED) is 0.830. The van der Waals surface area contributed by atoms with E-state index in [-0.39, 0.29) is 0 Å². The lowest BCUT2D eigenvalue weighted by atomic mass is 10.1.